The summed E-state index contributed by atoms with van der Waals surface area (Å²) in [6.45, 7) is 0.0965. The largest absolute Gasteiger partial charge is 0.277 e. The summed E-state index contributed by atoms with van der Waals surface area (Å²) < 4.78 is 25.5. The lowest BCUT2D eigenvalue weighted by atomic mass is 10.1. The van der Waals surface area contributed by atoms with Gasteiger partial charge in [0.2, 0.25) is 11.8 Å². The molecule has 0 bridgehead atoms. The maximum Gasteiger partial charge on any atom is 0.248 e. The fourth-order valence-corrected chi connectivity index (χ4v) is 4.49. The van der Waals surface area contributed by atoms with Crippen LogP contribution in [0.2, 0.25) is 0 Å². The summed E-state index contributed by atoms with van der Waals surface area (Å²) in [6, 6.07) is 17.0. The third-order valence-electron chi connectivity index (χ3n) is 4.09. The van der Waals surface area contributed by atoms with E-state index in [1.807, 2.05) is 18.2 Å². The predicted molar refractivity (Wildman–Crippen MR) is 88.6 cm³/mol. The minimum Gasteiger partial charge on any atom is -0.277 e. The van der Waals surface area contributed by atoms with Crippen LogP contribution in [-0.2, 0) is 26.0 Å². The molecule has 24 heavy (non-hydrogen) atoms. The molecule has 0 N–H and O–H groups in total. The number of sulfone groups is 1. The average molecular weight is 343 g/mol. The Labute approximate surface area is 140 Å². The number of nitrogens with zero attached hydrogens (tertiary/aromatic N) is 1. The van der Waals surface area contributed by atoms with Gasteiger partial charge in [-0.25, -0.2) is 8.42 Å². The smallest absolute Gasteiger partial charge is 0.248 e. The molecule has 0 radical (unpaired) electrons. The highest BCUT2D eigenvalue weighted by Gasteiger charge is 2.42. The molecule has 1 aliphatic heterocycles. The highest BCUT2D eigenvalue weighted by atomic mass is 32.2. The molecule has 1 saturated heterocycles. The van der Waals surface area contributed by atoms with Gasteiger partial charge < -0.3 is 0 Å². The Hall–Kier alpha value is -2.47. The number of carbonyl (C=O) groups excluding carboxylic acids is 2. The third-order valence-corrected chi connectivity index (χ3v) is 6.21. The van der Waals surface area contributed by atoms with Crippen molar-refractivity contribution in [2.75, 3.05) is 0 Å². The topological polar surface area (TPSA) is 71.5 Å². The van der Waals surface area contributed by atoms with Gasteiger partial charge in [-0.05, 0) is 24.1 Å². The molecule has 1 heterocycles. The highest BCUT2D eigenvalue weighted by molar-refractivity contribution is 7.92. The van der Waals surface area contributed by atoms with Gasteiger partial charge >= 0.3 is 0 Å². The molecule has 6 heteroatoms. The minimum atomic E-state index is -3.80. The van der Waals surface area contributed by atoms with Crippen LogP contribution in [0.25, 0.3) is 0 Å². The van der Waals surface area contributed by atoms with Gasteiger partial charge in [-0.3, -0.25) is 14.5 Å². The summed E-state index contributed by atoms with van der Waals surface area (Å²) in [6.07, 6.45) is 0.0789. The summed E-state index contributed by atoms with van der Waals surface area (Å²) in [5, 5.41) is -1.21. The fourth-order valence-electron chi connectivity index (χ4n) is 2.80. The molecular formula is C18H17NO4S. The van der Waals surface area contributed by atoms with E-state index in [-0.39, 0.29) is 30.2 Å². The van der Waals surface area contributed by atoms with Crippen molar-refractivity contribution in [1.29, 1.82) is 0 Å². The van der Waals surface area contributed by atoms with E-state index in [1.54, 1.807) is 30.3 Å². The first kappa shape index (κ1) is 16.4. The van der Waals surface area contributed by atoms with Crippen LogP contribution >= 0.6 is 0 Å². The van der Waals surface area contributed by atoms with Crippen LogP contribution in [0.4, 0.5) is 0 Å². The van der Waals surface area contributed by atoms with Crippen LogP contribution < -0.4 is 0 Å². The Morgan fingerprint density at radius 3 is 2.12 bits per heavy atom. The first-order chi connectivity index (χ1) is 11.5. The normalized spacial score (nSPS) is 18.7. The van der Waals surface area contributed by atoms with E-state index in [9.17, 15) is 18.0 Å². The van der Waals surface area contributed by atoms with Crippen LogP contribution in [0.15, 0.2) is 65.6 Å². The summed E-state index contributed by atoms with van der Waals surface area (Å²) in [5.41, 5.74) is 0.789. The minimum absolute atomic E-state index is 0.0280. The fraction of sp³-hybridized carbons (Fsp3) is 0.222. The second-order valence-corrected chi connectivity index (χ2v) is 7.82. The highest BCUT2D eigenvalue weighted by Crippen LogP contribution is 2.26. The Kier molecular flexibility index (Phi) is 4.49. The Bertz CT molecular complexity index is 847. The zero-order valence-electron chi connectivity index (χ0n) is 13.0. The molecule has 1 fully saturated rings. The van der Waals surface area contributed by atoms with E-state index in [2.05, 4.69) is 0 Å². The van der Waals surface area contributed by atoms with Crippen molar-refractivity contribution in [3.8, 4) is 0 Å². The van der Waals surface area contributed by atoms with Gasteiger partial charge in [0.15, 0.2) is 9.84 Å². The van der Waals surface area contributed by atoms with Crippen LogP contribution in [0.3, 0.4) is 0 Å². The zero-order valence-corrected chi connectivity index (χ0v) is 13.8. The number of likely N-dealkylation sites (tertiary alicyclic amines) is 1. The van der Waals surface area contributed by atoms with Crippen molar-refractivity contribution in [1.82, 2.24) is 4.90 Å². The van der Waals surface area contributed by atoms with Gasteiger partial charge in [0.1, 0.15) is 5.25 Å². The maximum atomic E-state index is 12.7. The Morgan fingerprint density at radius 1 is 0.917 bits per heavy atom. The summed E-state index contributed by atoms with van der Waals surface area (Å²) >= 11 is 0. The van der Waals surface area contributed by atoms with Crippen LogP contribution in [0.1, 0.15) is 18.4 Å². The second-order valence-electron chi connectivity index (χ2n) is 5.69. The van der Waals surface area contributed by atoms with Gasteiger partial charge in [-0.1, -0.05) is 48.5 Å². The number of carbonyl (C=O) groups is 2. The molecule has 0 saturated carbocycles. The van der Waals surface area contributed by atoms with Crippen molar-refractivity contribution in [3.05, 3.63) is 66.2 Å². The number of imide groups is 1. The molecule has 124 valence electrons. The maximum absolute atomic E-state index is 12.7. The van der Waals surface area contributed by atoms with E-state index >= 15 is 0 Å². The summed E-state index contributed by atoms with van der Waals surface area (Å²) in [7, 11) is -3.80. The molecular weight excluding hydrogens is 326 g/mol. The number of amides is 2. The van der Waals surface area contributed by atoms with Crippen LogP contribution in [-0.4, -0.2) is 30.4 Å². The molecule has 3 rings (SSSR count). The van der Waals surface area contributed by atoms with Crippen molar-refractivity contribution >= 4 is 21.7 Å². The van der Waals surface area contributed by atoms with E-state index in [0.29, 0.717) is 0 Å². The third kappa shape index (κ3) is 3.10. The average Bonchev–Trinajstić information content (AvgIpc) is 2.60. The summed E-state index contributed by atoms with van der Waals surface area (Å²) in [5.74, 6) is -0.970. The van der Waals surface area contributed by atoms with E-state index in [4.69, 9.17) is 0 Å². The standard InChI is InChI=1S/C18H17NO4S/c20-17-12-11-16(24(22,23)15-9-5-2-6-10-15)18(21)19(17)13-14-7-3-1-4-8-14/h1-10,16H,11-13H2. The van der Waals surface area contributed by atoms with Crippen molar-refractivity contribution in [2.24, 2.45) is 0 Å². The summed E-state index contributed by atoms with van der Waals surface area (Å²) in [4.78, 5) is 26.0. The van der Waals surface area contributed by atoms with Crippen molar-refractivity contribution in [3.63, 3.8) is 0 Å². The molecule has 0 spiro atoms. The molecule has 2 amide bonds. The van der Waals surface area contributed by atoms with Crippen LogP contribution in [0.5, 0.6) is 0 Å². The first-order valence-electron chi connectivity index (χ1n) is 7.67. The lowest BCUT2D eigenvalue weighted by Crippen LogP contribution is -2.50. The number of rotatable bonds is 4. The number of hydrogen-bond donors (Lipinski definition) is 0. The molecule has 1 aliphatic rings. The SMILES string of the molecule is O=C1CCC(S(=O)(=O)c2ccccc2)C(=O)N1Cc1ccccc1. The lowest BCUT2D eigenvalue weighted by molar-refractivity contribution is -0.148. The van der Waals surface area contributed by atoms with Crippen LogP contribution in [0, 0.1) is 0 Å². The Morgan fingerprint density at radius 2 is 1.50 bits per heavy atom. The Balaban J connectivity index is 1.89. The van der Waals surface area contributed by atoms with E-state index in [1.165, 1.54) is 12.1 Å². The zero-order chi connectivity index (χ0) is 17.2. The molecule has 0 aromatic heterocycles. The second kappa shape index (κ2) is 6.57. The quantitative estimate of drug-likeness (QED) is 0.798. The molecule has 5 nitrogen and oxygen atoms in total. The molecule has 0 aliphatic carbocycles. The number of piperidine rings is 1. The lowest BCUT2D eigenvalue weighted by Gasteiger charge is -2.30. The van der Waals surface area contributed by atoms with E-state index in [0.717, 1.165) is 10.5 Å². The monoisotopic (exact) mass is 343 g/mol. The molecule has 2 aromatic rings. The predicted octanol–water partition coefficient (Wildman–Crippen LogP) is 2.18. The molecule has 1 unspecified atom stereocenters. The van der Waals surface area contributed by atoms with Gasteiger partial charge in [-0.15, -0.1) is 0 Å². The van der Waals surface area contributed by atoms with Gasteiger partial charge in [0, 0.05) is 6.42 Å². The molecule has 2 aromatic carbocycles. The van der Waals surface area contributed by atoms with E-state index < -0.39 is 21.0 Å². The first-order valence-corrected chi connectivity index (χ1v) is 9.22. The molecule has 1 atom stereocenters. The number of hydrogen-bond acceptors (Lipinski definition) is 4. The van der Waals surface area contributed by atoms with Crippen molar-refractivity contribution < 1.29 is 18.0 Å². The van der Waals surface area contributed by atoms with Gasteiger partial charge in [0.05, 0.1) is 11.4 Å². The van der Waals surface area contributed by atoms with Gasteiger partial charge in [-0.2, -0.15) is 0 Å². The number of benzene rings is 2. The van der Waals surface area contributed by atoms with Gasteiger partial charge in [0.25, 0.3) is 0 Å². The van der Waals surface area contributed by atoms with Crippen molar-refractivity contribution in [2.45, 2.75) is 29.5 Å².